The Hall–Kier alpha value is -2.37. The van der Waals surface area contributed by atoms with Gasteiger partial charge < -0.3 is 14.8 Å². The van der Waals surface area contributed by atoms with Crippen molar-refractivity contribution in [3.63, 3.8) is 0 Å². The molecule has 2 aromatic rings. The van der Waals surface area contributed by atoms with Gasteiger partial charge in [-0.05, 0) is 50.3 Å². The summed E-state index contributed by atoms with van der Waals surface area (Å²) in [6.07, 6.45) is 6.09. The Bertz CT molecular complexity index is 844. The van der Waals surface area contributed by atoms with Crippen LogP contribution in [0.4, 0.5) is 0 Å². The van der Waals surface area contributed by atoms with Crippen molar-refractivity contribution < 1.29 is 9.59 Å². The number of nitrogens with zero attached hydrogens (tertiary/aromatic N) is 3. The van der Waals surface area contributed by atoms with Crippen LogP contribution in [0.15, 0.2) is 18.2 Å². The molecular formula is C21H28N4O2. The highest BCUT2D eigenvalue weighted by atomic mass is 16.2. The molecule has 0 bridgehead atoms. The summed E-state index contributed by atoms with van der Waals surface area (Å²) < 4.78 is 0. The van der Waals surface area contributed by atoms with E-state index in [1.165, 1.54) is 5.56 Å². The van der Waals surface area contributed by atoms with Gasteiger partial charge in [-0.3, -0.25) is 9.59 Å². The van der Waals surface area contributed by atoms with Gasteiger partial charge in [0.2, 0.25) is 11.8 Å². The number of aryl methyl sites for hydroxylation is 1. The fraction of sp³-hybridized carbons (Fsp3) is 0.571. The zero-order valence-electron chi connectivity index (χ0n) is 16.0. The molecule has 1 aromatic heterocycles. The topological polar surface area (TPSA) is 69.3 Å². The third-order valence-electron chi connectivity index (χ3n) is 5.81. The Kier molecular flexibility index (Phi) is 5.14. The van der Waals surface area contributed by atoms with Crippen LogP contribution in [-0.4, -0.2) is 51.2 Å². The summed E-state index contributed by atoms with van der Waals surface area (Å²) >= 11 is 0. The molecule has 0 aliphatic carbocycles. The lowest BCUT2D eigenvalue weighted by atomic mass is 10.2. The van der Waals surface area contributed by atoms with Crippen LogP contribution in [0.5, 0.6) is 0 Å². The van der Waals surface area contributed by atoms with E-state index in [2.05, 4.69) is 24.0 Å². The van der Waals surface area contributed by atoms with Gasteiger partial charge in [0.1, 0.15) is 5.82 Å². The normalized spacial score (nSPS) is 21.1. The van der Waals surface area contributed by atoms with Crippen molar-refractivity contribution in [1.29, 1.82) is 0 Å². The highest BCUT2D eigenvalue weighted by Gasteiger charge is 2.32. The van der Waals surface area contributed by atoms with E-state index >= 15 is 0 Å². The number of carbonyl (C=O) groups is 2. The minimum Gasteiger partial charge on any atom is -0.342 e. The number of aromatic amines is 1. The number of carbonyl (C=O) groups excluding carboxylic acids is 2. The zero-order chi connectivity index (χ0) is 18.8. The van der Waals surface area contributed by atoms with Crippen LogP contribution >= 0.6 is 0 Å². The van der Waals surface area contributed by atoms with Gasteiger partial charge in [-0.15, -0.1) is 0 Å². The fourth-order valence-electron chi connectivity index (χ4n) is 4.30. The molecule has 0 radical (unpaired) electrons. The standard InChI is InChI=1S/C21H28N4O2/c1-15-8-9-16-17(14-15)23-21(22-16)18-6-5-12-25(18)20(27)10-13-24-11-4-2-3-7-19(24)26/h8-9,14,18H,2-7,10-13H2,1H3,(H,22,23)/t18-/m0/s1. The van der Waals surface area contributed by atoms with Gasteiger partial charge in [-0.25, -0.2) is 4.98 Å². The number of aromatic nitrogens is 2. The van der Waals surface area contributed by atoms with Crippen molar-refractivity contribution in [3.8, 4) is 0 Å². The van der Waals surface area contributed by atoms with E-state index in [0.29, 0.717) is 19.4 Å². The predicted molar refractivity (Wildman–Crippen MR) is 104 cm³/mol. The van der Waals surface area contributed by atoms with Crippen molar-refractivity contribution in [2.24, 2.45) is 0 Å². The molecule has 6 heteroatoms. The Morgan fingerprint density at radius 3 is 3.00 bits per heavy atom. The molecule has 0 unspecified atom stereocenters. The lowest BCUT2D eigenvalue weighted by Crippen LogP contribution is -2.37. The largest absolute Gasteiger partial charge is 0.342 e. The number of H-pyrrole nitrogens is 1. The third kappa shape index (κ3) is 3.84. The van der Waals surface area contributed by atoms with Crippen LogP contribution in [0.2, 0.25) is 0 Å². The van der Waals surface area contributed by atoms with Gasteiger partial charge in [0.15, 0.2) is 0 Å². The van der Waals surface area contributed by atoms with Crippen LogP contribution in [0, 0.1) is 6.92 Å². The van der Waals surface area contributed by atoms with E-state index in [1.54, 1.807) is 0 Å². The highest BCUT2D eigenvalue weighted by Crippen LogP contribution is 2.32. The molecule has 1 atom stereocenters. The van der Waals surface area contributed by atoms with Crippen LogP contribution in [-0.2, 0) is 9.59 Å². The second kappa shape index (κ2) is 7.71. The molecule has 27 heavy (non-hydrogen) atoms. The van der Waals surface area contributed by atoms with Crippen molar-refractivity contribution in [2.45, 2.75) is 57.9 Å². The summed E-state index contributed by atoms with van der Waals surface area (Å²) in [5.41, 5.74) is 3.17. The summed E-state index contributed by atoms with van der Waals surface area (Å²) in [6, 6.07) is 6.20. The lowest BCUT2D eigenvalue weighted by Gasteiger charge is -2.25. The molecule has 1 N–H and O–H groups in total. The molecule has 2 saturated heterocycles. The summed E-state index contributed by atoms with van der Waals surface area (Å²) in [5.74, 6) is 1.21. The number of benzene rings is 1. The molecular weight excluding hydrogens is 340 g/mol. The predicted octanol–water partition coefficient (Wildman–Crippen LogP) is 3.33. The lowest BCUT2D eigenvalue weighted by molar-refractivity contribution is -0.134. The van der Waals surface area contributed by atoms with Gasteiger partial charge in [-0.1, -0.05) is 12.5 Å². The number of hydrogen-bond donors (Lipinski definition) is 1. The minimum absolute atomic E-state index is 0.0186. The van der Waals surface area contributed by atoms with Gasteiger partial charge >= 0.3 is 0 Å². The van der Waals surface area contributed by atoms with Crippen molar-refractivity contribution in [3.05, 3.63) is 29.6 Å². The molecule has 3 heterocycles. The van der Waals surface area contributed by atoms with E-state index in [9.17, 15) is 9.59 Å². The number of fused-ring (bicyclic) bond motifs is 1. The van der Waals surface area contributed by atoms with E-state index in [1.807, 2.05) is 15.9 Å². The quantitative estimate of drug-likeness (QED) is 0.900. The summed E-state index contributed by atoms with van der Waals surface area (Å²) in [4.78, 5) is 37.0. The summed E-state index contributed by atoms with van der Waals surface area (Å²) in [5, 5.41) is 0. The smallest absolute Gasteiger partial charge is 0.224 e. The van der Waals surface area contributed by atoms with Crippen LogP contribution in [0.3, 0.4) is 0 Å². The van der Waals surface area contributed by atoms with Crippen molar-refractivity contribution in [1.82, 2.24) is 19.8 Å². The third-order valence-corrected chi connectivity index (χ3v) is 5.81. The fourth-order valence-corrected chi connectivity index (χ4v) is 4.30. The number of rotatable bonds is 4. The first-order chi connectivity index (χ1) is 13.1. The average Bonchev–Trinajstić information content (AvgIpc) is 3.24. The number of nitrogens with one attached hydrogen (secondary N) is 1. The molecule has 2 aliphatic rings. The maximum atomic E-state index is 12.9. The Morgan fingerprint density at radius 1 is 1.22 bits per heavy atom. The number of hydrogen-bond acceptors (Lipinski definition) is 3. The van der Waals surface area contributed by atoms with Crippen LogP contribution in [0.25, 0.3) is 11.0 Å². The Labute approximate surface area is 159 Å². The van der Waals surface area contributed by atoms with E-state index < -0.39 is 0 Å². The number of amides is 2. The minimum atomic E-state index is 0.0186. The molecule has 6 nitrogen and oxygen atoms in total. The van der Waals surface area contributed by atoms with E-state index in [0.717, 1.165) is 62.1 Å². The average molecular weight is 368 g/mol. The second-order valence-electron chi connectivity index (χ2n) is 7.83. The molecule has 2 aliphatic heterocycles. The number of imidazole rings is 1. The second-order valence-corrected chi connectivity index (χ2v) is 7.83. The van der Waals surface area contributed by atoms with E-state index in [4.69, 9.17) is 4.98 Å². The number of likely N-dealkylation sites (tertiary alicyclic amines) is 2. The highest BCUT2D eigenvalue weighted by molar-refractivity contribution is 5.80. The first-order valence-electron chi connectivity index (χ1n) is 10.2. The molecule has 0 saturated carbocycles. The van der Waals surface area contributed by atoms with Gasteiger partial charge in [0.05, 0.1) is 17.1 Å². The Morgan fingerprint density at radius 2 is 2.11 bits per heavy atom. The first-order valence-corrected chi connectivity index (χ1v) is 10.2. The zero-order valence-corrected chi connectivity index (χ0v) is 16.0. The summed E-state index contributed by atoms with van der Waals surface area (Å²) in [7, 11) is 0. The maximum absolute atomic E-state index is 12.9. The molecule has 144 valence electrons. The van der Waals surface area contributed by atoms with Crippen LogP contribution < -0.4 is 0 Å². The molecule has 2 amide bonds. The Balaban J connectivity index is 1.43. The van der Waals surface area contributed by atoms with Gasteiger partial charge in [0.25, 0.3) is 0 Å². The van der Waals surface area contributed by atoms with Gasteiger partial charge in [0, 0.05) is 32.5 Å². The summed E-state index contributed by atoms with van der Waals surface area (Å²) in [6.45, 7) is 4.17. The maximum Gasteiger partial charge on any atom is 0.224 e. The molecule has 2 fully saturated rings. The van der Waals surface area contributed by atoms with Gasteiger partial charge in [-0.2, -0.15) is 0 Å². The first kappa shape index (κ1) is 18.0. The SMILES string of the molecule is Cc1ccc2nc([C@@H]3CCCN3C(=O)CCN3CCCCCC3=O)[nH]c2c1. The monoisotopic (exact) mass is 368 g/mol. The molecule has 4 rings (SSSR count). The van der Waals surface area contributed by atoms with E-state index in [-0.39, 0.29) is 17.9 Å². The molecule has 0 spiro atoms. The van der Waals surface area contributed by atoms with Crippen molar-refractivity contribution in [2.75, 3.05) is 19.6 Å². The van der Waals surface area contributed by atoms with Crippen LogP contribution in [0.1, 0.15) is 62.4 Å². The molecule has 1 aromatic carbocycles. The van der Waals surface area contributed by atoms with Crippen molar-refractivity contribution >= 4 is 22.8 Å².